The minimum atomic E-state index is 0.179. The summed E-state index contributed by atoms with van der Waals surface area (Å²) in [4.78, 5) is 12.0. The van der Waals surface area contributed by atoms with Crippen LogP contribution in [0, 0.1) is 11.8 Å². The predicted molar refractivity (Wildman–Crippen MR) is 66.5 cm³/mol. The average molecular weight is 240 g/mol. The third kappa shape index (κ3) is 3.68. The number of rotatable bonds is 4. The maximum atomic E-state index is 12.0. The van der Waals surface area contributed by atoms with E-state index in [0.717, 1.165) is 45.3 Å². The lowest BCUT2D eigenvalue weighted by Crippen LogP contribution is -2.38. The molecule has 2 fully saturated rings. The minimum Gasteiger partial charge on any atom is -0.376 e. The van der Waals surface area contributed by atoms with Crippen LogP contribution >= 0.6 is 0 Å². The summed E-state index contributed by atoms with van der Waals surface area (Å²) in [5.41, 5.74) is 5.69. The minimum absolute atomic E-state index is 0.179. The topological polar surface area (TPSA) is 64.4 Å². The number of carbonyl (C=O) groups is 1. The number of nitrogens with two attached hydrogens (primary N) is 1. The molecule has 1 amide bonds. The highest BCUT2D eigenvalue weighted by molar-refractivity contribution is 5.78. The first kappa shape index (κ1) is 12.8. The number of carbonyl (C=O) groups excluding carboxylic acids is 1. The lowest BCUT2D eigenvalue weighted by atomic mass is 9.81. The van der Waals surface area contributed by atoms with Gasteiger partial charge in [0.15, 0.2) is 0 Å². The fourth-order valence-corrected chi connectivity index (χ4v) is 2.91. The van der Waals surface area contributed by atoms with Gasteiger partial charge in [0.2, 0.25) is 5.91 Å². The van der Waals surface area contributed by atoms with Gasteiger partial charge in [0.25, 0.3) is 0 Å². The van der Waals surface area contributed by atoms with Crippen molar-refractivity contribution in [3.05, 3.63) is 0 Å². The molecule has 4 nitrogen and oxygen atoms in total. The van der Waals surface area contributed by atoms with Crippen LogP contribution in [0.4, 0.5) is 0 Å². The molecule has 2 rings (SSSR count). The van der Waals surface area contributed by atoms with Crippen molar-refractivity contribution in [2.45, 2.75) is 44.6 Å². The van der Waals surface area contributed by atoms with Crippen molar-refractivity contribution in [3.63, 3.8) is 0 Å². The molecule has 0 aromatic carbocycles. The SMILES string of the molecule is NCC1CCCC(C(=O)NCC2CCCO2)C1. The van der Waals surface area contributed by atoms with Gasteiger partial charge in [-0.25, -0.2) is 0 Å². The molecular formula is C13H24N2O2. The van der Waals surface area contributed by atoms with Crippen LogP contribution in [0.2, 0.25) is 0 Å². The van der Waals surface area contributed by atoms with Gasteiger partial charge < -0.3 is 15.8 Å². The Morgan fingerprint density at radius 3 is 2.88 bits per heavy atom. The number of nitrogens with one attached hydrogen (secondary N) is 1. The van der Waals surface area contributed by atoms with E-state index in [-0.39, 0.29) is 17.9 Å². The lowest BCUT2D eigenvalue weighted by molar-refractivity contribution is -0.126. The molecule has 1 saturated heterocycles. The molecular weight excluding hydrogens is 216 g/mol. The fourth-order valence-electron chi connectivity index (χ4n) is 2.91. The van der Waals surface area contributed by atoms with E-state index >= 15 is 0 Å². The van der Waals surface area contributed by atoms with E-state index in [1.807, 2.05) is 0 Å². The molecule has 3 N–H and O–H groups in total. The Balaban J connectivity index is 1.71. The van der Waals surface area contributed by atoms with Gasteiger partial charge in [0.1, 0.15) is 0 Å². The quantitative estimate of drug-likeness (QED) is 0.772. The largest absolute Gasteiger partial charge is 0.376 e. The molecule has 0 radical (unpaired) electrons. The van der Waals surface area contributed by atoms with E-state index in [4.69, 9.17) is 10.5 Å². The van der Waals surface area contributed by atoms with Crippen molar-refractivity contribution in [3.8, 4) is 0 Å². The molecule has 3 unspecified atom stereocenters. The Morgan fingerprint density at radius 1 is 1.29 bits per heavy atom. The van der Waals surface area contributed by atoms with Crippen molar-refractivity contribution in [2.75, 3.05) is 19.7 Å². The van der Waals surface area contributed by atoms with Gasteiger partial charge in [-0.05, 0) is 44.6 Å². The average Bonchev–Trinajstić information content (AvgIpc) is 2.89. The van der Waals surface area contributed by atoms with Crippen LogP contribution in [-0.2, 0) is 9.53 Å². The van der Waals surface area contributed by atoms with Crippen molar-refractivity contribution in [2.24, 2.45) is 17.6 Å². The summed E-state index contributed by atoms with van der Waals surface area (Å²) < 4.78 is 5.50. The normalized spacial score (nSPS) is 33.6. The third-order valence-electron chi connectivity index (χ3n) is 4.01. The summed E-state index contributed by atoms with van der Waals surface area (Å²) in [5, 5.41) is 3.03. The van der Waals surface area contributed by atoms with E-state index in [1.54, 1.807) is 0 Å². The van der Waals surface area contributed by atoms with Gasteiger partial charge in [-0.3, -0.25) is 4.79 Å². The van der Waals surface area contributed by atoms with Crippen molar-refractivity contribution in [1.82, 2.24) is 5.32 Å². The summed E-state index contributed by atoms with van der Waals surface area (Å²) in [5.74, 6) is 0.930. The lowest BCUT2D eigenvalue weighted by Gasteiger charge is -2.27. The maximum Gasteiger partial charge on any atom is 0.223 e. The number of hydrogen-bond acceptors (Lipinski definition) is 3. The first-order valence-electron chi connectivity index (χ1n) is 6.89. The second-order valence-corrected chi connectivity index (χ2v) is 5.35. The zero-order valence-corrected chi connectivity index (χ0v) is 10.5. The molecule has 0 bridgehead atoms. The highest BCUT2D eigenvalue weighted by atomic mass is 16.5. The van der Waals surface area contributed by atoms with Crippen molar-refractivity contribution >= 4 is 5.91 Å². The molecule has 0 aromatic rings. The summed E-state index contributed by atoms with van der Waals surface area (Å²) in [6.45, 7) is 2.25. The molecule has 1 aliphatic carbocycles. The van der Waals surface area contributed by atoms with Crippen LogP contribution in [0.25, 0.3) is 0 Å². The van der Waals surface area contributed by atoms with Crippen LogP contribution in [0.15, 0.2) is 0 Å². The summed E-state index contributed by atoms with van der Waals surface area (Å²) in [7, 11) is 0. The van der Waals surface area contributed by atoms with Crippen molar-refractivity contribution in [1.29, 1.82) is 0 Å². The molecule has 98 valence electrons. The standard InChI is InChI=1S/C13H24N2O2/c14-8-10-3-1-4-11(7-10)13(16)15-9-12-5-2-6-17-12/h10-12H,1-9,14H2,(H,15,16). The zero-order valence-electron chi connectivity index (χ0n) is 10.5. The predicted octanol–water partition coefficient (Wildman–Crippen LogP) is 1.05. The number of ether oxygens (including phenoxy) is 1. The Kier molecular flexibility index (Phi) is 4.80. The second-order valence-electron chi connectivity index (χ2n) is 5.35. The molecule has 0 spiro atoms. The molecule has 0 aromatic heterocycles. The molecule has 4 heteroatoms. The van der Waals surface area contributed by atoms with E-state index < -0.39 is 0 Å². The molecule has 1 aliphatic heterocycles. The van der Waals surface area contributed by atoms with Crippen LogP contribution in [-0.4, -0.2) is 31.7 Å². The molecule has 17 heavy (non-hydrogen) atoms. The molecule has 1 heterocycles. The van der Waals surface area contributed by atoms with Crippen LogP contribution in [0.1, 0.15) is 38.5 Å². The second kappa shape index (κ2) is 6.36. The fraction of sp³-hybridized carbons (Fsp3) is 0.923. The number of amides is 1. The van der Waals surface area contributed by atoms with Gasteiger partial charge in [0, 0.05) is 19.1 Å². The van der Waals surface area contributed by atoms with Gasteiger partial charge >= 0.3 is 0 Å². The number of hydrogen-bond donors (Lipinski definition) is 2. The Morgan fingerprint density at radius 2 is 2.18 bits per heavy atom. The van der Waals surface area contributed by atoms with Crippen LogP contribution in [0.3, 0.4) is 0 Å². The molecule has 2 aliphatic rings. The van der Waals surface area contributed by atoms with Crippen molar-refractivity contribution < 1.29 is 9.53 Å². The van der Waals surface area contributed by atoms with Gasteiger partial charge in [-0.15, -0.1) is 0 Å². The first-order chi connectivity index (χ1) is 8.29. The highest BCUT2D eigenvalue weighted by Crippen LogP contribution is 2.28. The smallest absolute Gasteiger partial charge is 0.223 e. The first-order valence-corrected chi connectivity index (χ1v) is 6.89. The van der Waals surface area contributed by atoms with E-state index in [9.17, 15) is 4.79 Å². The monoisotopic (exact) mass is 240 g/mol. The van der Waals surface area contributed by atoms with E-state index in [0.29, 0.717) is 12.5 Å². The van der Waals surface area contributed by atoms with Crippen LogP contribution < -0.4 is 11.1 Å². The highest BCUT2D eigenvalue weighted by Gasteiger charge is 2.27. The Hall–Kier alpha value is -0.610. The van der Waals surface area contributed by atoms with E-state index in [1.165, 1.54) is 6.42 Å². The summed E-state index contributed by atoms with van der Waals surface area (Å²) in [6.07, 6.45) is 6.76. The maximum absolute atomic E-state index is 12.0. The van der Waals surface area contributed by atoms with E-state index in [2.05, 4.69) is 5.32 Å². The summed E-state index contributed by atoms with van der Waals surface area (Å²) >= 11 is 0. The Labute approximate surface area is 103 Å². The van der Waals surface area contributed by atoms with Gasteiger partial charge in [-0.1, -0.05) is 6.42 Å². The van der Waals surface area contributed by atoms with Gasteiger partial charge in [-0.2, -0.15) is 0 Å². The molecule has 1 saturated carbocycles. The van der Waals surface area contributed by atoms with Gasteiger partial charge in [0.05, 0.1) is 6.10 Å². The third-order valence-corrected chi connectivity index (χ3v) is 4.01. The zero-order chi connectivity index (χ0) is 12.1. The van der Waals surface area contributed by atoms with Crippen LogP contribution in [0.5, 0.6) is 0 Å². The summed E-state index contributed by atoms with van der Waals surface area (Å²) in [6, 6.07) is 0. The Bertz CT molecular complexity index is 252. The molecule has 3 atom stereocenters.